The van der Waals surface area contributed by atoms with Crippen molar-refractivity contribution in [3.05, 3.63) is 17.5 Å². The molecule has 0 fully saturated rings. The molecule has 0 unspecified atom stereocenters. The summed E-state index contributed by atoms with van der Waals surface area (Å²) < 4.78 is 29.0. The fraction of sp³-hybridized carbons (Fsp3) is 0.500. The van der Waals surface area contributed by atoms with Crippen molar-refractivity contribution in [1.82, 2.24) is 15.4 Å². The third-order valence-electron chi connectivity index (χ3n) is 2.21. The molecule has 104 valence electrons. The van der Waals surface area contributed by atoms with E-state index in [-0.39, 0.29) is 10.1 Å². The van der Waals surface area contributed by atoms with E-state index < -0.39 is 9.84 Å². The molecule has 0 saturated carbocycles. The van der Waals surface area contributed by atoms with Gasteiger partial charge in [-0.15, -0.1) is 10.2 Å². The minimum Gasteiger partial charge on any atom is -0.361 e. The van der Waals surface area contributed by atoms with Gasteiger partial charge >= 0.3 is 0 Å². The first-order valence-electron chi connectivity index (χ1n) is 5.73. The number of sulfone groups is 1. The minimum absolute atomic E-state index is 0.00763. The van der Waals surface area contributed by atoms with E-state index in [0.29, 0.717) is 16.6 Å². The number of nitrogens with zero attached hydrogens (tertiary/aromatic N) is 3. The highest BCUT2D eigenvalue weighted by Crippen LogP contribution is 2.23. The van der Waals surface area contributed by atoms with Gasteiger partial charge in [-0.1, -0.05) is 23.4 Å². The number of aryl methyl sites for hydroxylation is 1. The van der Waals surface area contributed by atoms with Gasteiger partial charge in [0, 0.05) is 12.6 Å². The molecule has 0 aliphatic heterocycles. The van der Waals surface area contributed by atoms with E-state index in [4.69, 9.17) is 4.52 Å². The molecule has 0 aliphatic carbocycles. The van der Waals surface area contributed by atoms with Crippen molar-refractivity contribution in [3.63, 3.8) is 0 Å². The van der Waals surface area contributed by atoms with Crippen LogP contribution in [0.3, 0.4) is 0 Å². The molecule has 9 heteroatoms. The highest BCUT2D eigenvalue weighted by molar-refractivity contribution is 7.92. The Bertz CT molecular complexity index is 647. The molecular formula is C10H14N4O3S2. The van der Waals surface area contributed by atoms with Gasteiger partial charge in [-0.3, -0.25) is 0 Å². The third kappa shape index (κ3) is 3.51. The van der Waals surface area contributed by atoms with Gasteiger partial charge in [0.2, 0.25) is 19.3 Å². The molecule has 1 N–H and O–H groups in total. The maximum Gasteiger partial charge on any atom is 0.234 e. The molecule has 0 spiro atoms. The lowest BCUT2D eigenvalue weighted by molar-refractivity contribution is 0.392. The smallest absolute Gasteiger partial charge is 0.234 e. The Morgan fingerprint density at radius 3 is 2.84 bits per heavy atom. The van der Waals surface area contributed by atoms with Gasteiger partial charge in [-0.25, -0.2) is 8.42 Å². The van der Waals surface area contributed by atoms with Crippen molar-refractivity contribution in [2.75, 3.05) is 11.9 Å². The predicted molar refractivity (Wildman–Crippen MR) is 70.8 cm³/mol. The topological polar surface area (TPSA) is 98.0 Å². The van der Waals surface area contributed by atoms with Crippen molar-refractivity contribution in [1.29, 1.82) is 0 Å². The highest BCUT2D eigenvalue weighted by Gasteiger charge is 2.22. The van der Waals surface area contributed by atoms with Crippen LogP contribution >= 0.6 is 11.3 Å². The van der Waals surface area contributed by atoms with E-state index in [1.807, 2.05) is 6.92 Å². The Morgan fingerprint density at radius 1 is 1.42 bits per heavy atom. The average molecular weight is 302 g/mol. The zero-order valence-electron chi connectivity index (χ0n) is 10.6. The molecule has 0 radical (unpaired) electrons. The van der Waals surface area contributed by atoms with Gasteiger partial charge in [0.25, 0.3) is 0 Å². The second kappa shape index (κ2) is 5.66. The van der Waals surface area contributed by atoms with Gasteiger partial charge in [0.15, 0.2) is 0 Å². The first-order valence-corrected chi connectivity index (χ1v) is 8.20. The number of rotatable bonds is 6. The summed E-state index contributed by atoms with van der Waals surface area (Å²) in [7, 11) is -3.52. The van der Waals surface area contributed by atoms with E-state index in [0.717, 1.165) is 24.3 Å². The molecule has 0 aromatic carbocycles. The van der Waals surface area contributed by atoms with Crippen LogP contribution in [0.2, 0.25) is 0 Å². The van der Waals surface area contributed by atoms with Crippen LogP contribution in [0.15, 0.2) is 14.9 Å². The number of hydrogen-bond acceptors (Lipinski definition) is 8. The lowest BCUT2D eigenvalue weighted by Crippen LogP contribution is -2.04. The van der Waals surface area contributed by atoms with E-state index in [1.165, 1.54) is 0 Å². The highest BCUT2D eigenvalue weighted by atomic mass is 32.2. The van der Waals surface area contributed by atoms with E-state index >= 15 is 0 Å². The predicted octanol–water partition coefficient (Wildman–Crippen LogP) is 1.63. The molecule has 7 nitrogen and oxygen atoms in total. The second-order valence-electron chi connectivity index (χ2n) is 3.99. The van der Waals surface area contributed by atoms with Gasteiger partial charge < -0.3 is 9.84 Å². The molecule has 2 aromatic heterocycles. The monoisotopic (exact) mass is 302 g/mol. The average Bonchev–Trinajstić information content (AvgIpc) is 2.95. The number of aromatic nitrogens is 3. The van der Waals surface area contributed by atoms with Crippen LogP contribution in [-0.2, 0) is 15.6 Å². The van der Waals surface area contributed by atoms with Crippen LogP contribution in [0.5, 0.6) is 0 Å². The Hall–Kier alpha value is -1.48. The lowest BCUT2D eigenvalue weighted by atomic mass is 10.4. The fourth-order valence-electron chi connectivity index (χ4n) is 1.38. The molecule has 0 bridgehead atoms. The van der Waals surface area contributed by atoms with Crippen LogP contribution < -0.4 is 5.32 Å². The third-order valence-corrected chi connectivity index (χ3v) is 5.19. The second-order valence-corrected chi connectivity index (χ2v) is 7.13. The van der Waals surface area contributed by atoms with Crippen LogP contribution in [0.4, 0.5) is 5.13 Å². The maximum atomic E-state index is 12.1. The SMILES string of the molecule is CCCNc1nnc(S(=O)(=O)Cc2cc(C)on2)s1. The van der Waals surface area contributed by atoms with Crippen molar-refractivity contribution >= 4 is 26.3 Å². The number of nitrogens with one attached hydrogen (secondary N) is 1. The summed E-state index contributed by atoms with van der Waals surface area (Å²) in [4.78, 5) is 0. The van der Waals surface area contributed by atoms with Crippen LogP contribution in [-0.4, -0.2) is 30.3 Å². The molecule has 0 amide bonds. The molecule has 0 aliphatic rings. The molecule has 2 heterocycles. The van der Waals surface area contributed by atoms with Gasteiger partial charge in [-0.2, -0.15) is 0 Å². The van der Waals surface area contributed by atoms with Crippen LogP contribution in [0, 0.1) is 6.92 Å². The first-order chi connectivity index (χ1) is 9.01. The molecular weight excluding hydrogens is 288 g/mol. The lowest BCUT2D eigenvalue weighted by Gasteiger charge is -1.96. The van der Waals surface area contributed by atoms with Crippen molar-refractivity contribution in [2.24, 2.45) is 0 Å². The molecule has 0 saturated heterocycles. The zero-order chi connectivity index (χ0) is 13.9. The number of anilines is 1. The molecule has 2 rings (SSSR count). The summed E-state index contributed by atoms with van der Waals surface area (Å²) in [6.07, 6.45) is 0.930. The summed E-state index contributed by atoms with van der Waals surface area (Å²) >= 11 is 1.03. The minimum atomic E-state index is -3.52. The fourth-order valence-corrected chi connectivity index (χ4v) is 3.62. The first kappa shape index (κ1) is 13.9. The van der Waals surface area contributed by atoms with Crippen LogP contribution in [0.25, 0.3) is 0 Å². The summed E-state index contributed by atoms with van der Waals surface area (Å²) in [5, 5.41) is 14.7. The van der Waals surface area contributed by atoms with Crippen molar-refractivity contribution < 1.29 is 12.9 Å². The van der Waals surface area contributed by atoms with Crippen LogP contribution in [0.1, 0.15) is 24.8 Å². The van der Waals surface area contributed by atoms with E-state index in [9.17, 15) is 8.42 Å². The summed E-state index contributed by atoms with van der Waals surface area (Å²) in [6.45, 7) is 4.45. The maximum absolute atomic E-state index is 12.1. The zero-order valence-corrected chi connectivity index (χ0v) is 12.2. The Kier molecular flexibility index (Phi) is 4.15. The Balaban J connectivity index is 2.13. The Labute approximate surface area is 115 Å². The summed E-state index contributed by atoms with van der Waals surface area (Å²) in [5.74, 6) is 0.347. The van der Waals surface area contributed by atoms with Gasteiger partial charge in [0.1, 0.15) is 11.5 Å². The van der Waals surface area contributed by atoms with E-state index in [2.05, 4.69) is 20.7 Å². The van der Waals surface area contributed by atoms with E-state index in [1.54, 1.807) is 13.0 Å². The van der Waals surface area contributed by atoms with Gasteiger partial charge in [0.05, 0.1) is 5.69 Å². The van der Waals surface area contributed by atoms with Gasteiger partial charge in [-0.05, 0) is 13.3 Å². The molecule has 0 atom stereocenters. The molecule has 19 heavy (non-hydrogen) atoms. The quantitative estimate of drug-likeness (QED) is 0.865. The number of hydrogen-bond donors (Lipinski definition) is 1. The largest absolute Gasteiger partial charge is 0.361 e. The normalized spacial score (nSPS) is 11.7. The van der Waals surface area contributed by atoms with Crippen molar-refractivity contribution in [3.8, 4) is 0 Å². The summed E-state index contributed by atoms with van der Waals surface area (Å²) in [5.41, 5.74) is 0.371. The standard InChI is InChI=1S/C10H14N4O3S2/c1-3-4-11-9-12-13-10(18-9)19(15,16)6-8-5-7(2)17-14-8/h5H,3-4,6H2,1-2H3,(H,11,12). The summed E-state index contributed by atoms with van der Waals surface area (Å²) in [6, 6.07) is 1.59. The van der Waals surface area contributed by atoms with Crippen molar-refractivity contribution in [2.45, 2.75) is 30.4 Å². The molecule has 2 aromatic rings. The Morgan fingerprint density at radius 2 is 2.21 bits per heavy atom.